The minimum atomic E-state index is -0.991. The lowest BCUT2D eigenvalue weighted by Gasteiger charge is -2.24. The average Bonchev–Trinajstić information content (AvgIpc) is 1.80. The van der Waals surface area contributed by atoms with E-state index in [4.69, 9.17) is 54.7 Å². The highest BCUT2D eigenvalue weighted by Gasteiger charge is 2.25. The molecule has 35 nitrogen and oxygen atoms in total. The smallest absolute Gasteiger partial charge is 0.307 e. The van der Waals surface area contributed by atoms with Crippen LogP contribution in [-0.4, -0.2) is 197 Å². The van der Waals surface area contributed by atoms with Gasteiger partial charge < -0.3 is 73.8 Å². The predicted octanol–water partition coefficient (Wildman–Crippen LogP) is 15.3. The van der Waals surface area contributed by atoms with Crippen molar-refractivity contribution < 1.29 is 28.4 Å². The fraction of sp³-hybridized carbons (Fsp3) is 0.205. The SMILES string of the molecule is COc1cc(F)c([N+](=O)[O-])cc1Nc1nccc(-c2cnc3c(ccn3C)c2)n1.COc1cc(N(C)CCN(C)C)c(N)cc1Nc1nccc(-c2cnc3c(ccn3C)c2)n1.COc1cc(N(C)CCN(C)C)c([N+](=O)[O-])cc1Nc1nccc(-c2cnc3c(ccn3C)c2)n1.Clc1ccnc(Cl)n1.Cn1ccc2cc(-c3ccnc(Cl)n3)cnc21. The van der Waals surface area contributed by atoms with Gasteiger partial charge in [0.25, 0.3) is 5.69 Å². The van der Waals surface area contributed by atoms with Crippen molar-refractivity contribution in [3.05, 3.63) is 238 Å². The molecule has 0 bridgehead atoms. The highest BCUT2D eigenvalue weighted by atomic mass is 35.5. The Balaban J connectivity index is 0.000000147. The summed E-state index contributed by atoms with van der Waals surface area (Å²) in [7, 11) is 24.2. The van der Waals surface area contributed by atoms with Gasteiger partial charge in [-0.3, -0.25) is 20.2 Å². The molecule has 626 valence electrons. The van der Waals surface area contributed by atoms with E-state index in [2.05, 4.69) is 102 Å². The van der Waals surface area contributed by atoms with Crippen molar-refractivity contribution in [3.8, 4) is 62.3 Å². The third kappa shape index (κ3) is 21.5. The molecule has 122 heavy (non-hydrogen) atoms. The van der Waals surface area contributed by atoms with Crippen LogP contribution in [0.3, 0.4) is 0 Å². The molecule has 0 atom stereocenters. The second kappa shape index (κ2) is 39.4. The lowest BCUT2D eigenvalue weighted by molar-refractivity contribution is -0.387. The molecule has 0 aliphatic heterocycles. The van der Waals surface area contributed by atoms with Crippen LogP contribution in [0.15, 0.2) is 196 Å². The van der Waals surface area contributed by atoms with Gasteiger partial charge in [0.05, 0.1) is 82.4 Å². The quantitative estimate of drug-likeness (QED) is 0.0152. The molecule has 13 heterocycles. The van der Waals surface area contributed by atoms with Crippen molar-refractivity contribution >= 4 is 142 Å². The number of nitro benzene ring substituents is 2. The molecule has 5 N–H and O–H groups in total. The Bertz CT molecular complexity index is 6410. The van der Waals surface area contributed by atoms with Crippen LogP contribution in [0.5, 0.6) is 17.2 Å². The van der Waals surface area contributed by atoms with E-state index in [9.17, 15) is 24.6 Å². The third-order valence-corrected chi connectivity index (χ3v) is 19.4. The summed E-state index contributed by atoms with van der Waals surface area (Å²) < 4.78 is 37.9. The molecular formula is C83H84Cl3FN28O7. The molecule has 39 heteroatoms. The summed E-state index contributed by atoms with van der Waals surface area (Å²) in [6, 6.07) is 33.7. The van der Waals surface area contributed by atoms with Gasteiger partial charge in [0, 0.05) is 223 Å². The van der Waals surface area contributed by atoms with Crippen LogP contribution >= 0.6 is 34.8 Å². The highest BCUT2D eigenvalue weighted by molar-refractivity contribution is 6.31. The number of hydrogen-bond donors (Lipinski definition) is 4. The number of nitrogens with one attached hydrogen (secondary N) is 3. The van der Waals surface area contributed by atoms with Crippen LogP contribution in [0.1, 0.15) is 0 Å². The number of pyridine rings is 4. The van der Waals surface area contributed by atoms with Crippen molar-refractivity contribution in [3.63, 3.8) is 0 Å². The average molecular weight is 1710 g/mol. The molecule has 0 radical (unpaired) electrons. The summed E-state index contributed by atoms with van der Waals surface area (Å²) in [6.07, 6.45) is 23.0. The summed E-state index contributed by atoms with van der Waals surface area (Å²) in [6.45, 7) is 3.13. The summed E-state index contributed by atoms with van der Waals surface area (Å²) in [5, 5.41) is 37.0. The summed E-state index contributed by atoms with van der Waals surface area (Å²) in [4.78, 5) is 89.5. The first kappa shape index (κ1) is 86.9. The minimum absolute atomic E-state index is 0.0376. The second-order valence-electron chi connectivity index (χ2n) is 27.9. The monoisotopic (exact) mass is 1710 g/mol. The first-order valence-electron chi connectivity index (χ1n) is 37.3. The first-order chi connectivity index (χ1) is 58.6. The van der Waals surface area contributed by atoms with Crippen molar-refractivity contribution in [2.24, 2.45) is 28.2 Å². The zero-order chi connectivity index (χ0) is 87.0. The number of halogens is 4. The van der Waals surface area contributed by atoms with Crippen LogP contribution in [-0.2, 0) is 28.2 Å². The van der Waals surface area contributed by atoms with Crippen LogP contribution in [0, 0.1) is 26.0 Å². The van der Waals surface area contributed by atoms with E-state index in [0.29, 0.717) is 63.3 Å². The molecule has 0 saturated heterocycles. The lowest BCUT2D eigenvalue weighted by atomic mass is 10.2. The number of ether oxygens (including phenoxy) is 3. The van der Waals surface area contributed by atoms with Gasteiger partial charge in [-0.25, -0.2) is 69.8 Å². The summed E-state index contributed by atoms with van der Waals surface area (Å²) in [5.41, 5.74) is 18.9. The lowest BCUT2D eigenvalue weighted by Crippen LogP contribution is -2.29. The number of nitro groups is 2. The van der Waals surface area contributed by atoms with Gasteiger partial charge in [-0.05, 0) is 136 Å². The van der Waals surface area contributed by atoms with Crippen molar-refractivity contribution in [1.29, 1.82) is 0 Å². The van der Waals surface area contributed by atoms with Crippen LogP contribution in [0.2, 0.25) is 15.7 Å². The van der Waals surface area contributed by atoms with Gasteiger partial charge in [0.1, 0.15) is 50.7 Å². The maximum Gasteiger partial charge on any atom is 0.307 e. The number of anilines is 9. The fourth-order valence-electron chi connectivity index (χ4n) is 12.4. The van der Waals surface area contributed by atoms with E-state index >= 15 is 0 Å². The minimum Gasteiger partial charge on any atom is -0.494 e. The van der Waals surface area contributed by atoms with Gasteiger partial charge in [0.15, 0.2) is 0 Å². The van der Waals surface area contributed by atoms with Crippen molar-refractivity contribution in [1.82, 2.24) is 97.8 Å². The van der Waals surface area contributed by atoms with E-state index in [1.54, 1.807) is 74.8 Å². The molecule has 0 saturated carbocycles. The van der Waals surface area contributed by atoms with Gasteiger partial charge in [0.2, 0.25) is 34.2 Å². The molecule has 0 amide bonds. The Hall–Kier alpha value is -14.5. The number of fused-ring (bicyclic) bond motifs is 4. The summed E-state index contributed by atoms with van der Waals surface area (Å²) >= 11 is 16.5. The maximum absolute atomic E-state index is 13.8. The van der Waals surface area contributed by atoms with E-state index in [-0.39, 0.29) is 39.6 Å². The molecule has 0 unspecified atom stereocenters. The second-order valence-corrected chi connectivity index (χ2v) is 29.0. The number of methoxy groups -OCH3 is 3. The number of rotatable bonds is 23. The maximum atomic E-state index is 13.8. The van der Waals surface area contributed by atoms with E-state index in [1.807, 2.05) is 196 Å². The number of aromatic nitrogens is 18. The van der Waals surface area contributed by atoms with Crippen LogP contribution < -0.4 is 45.7 Å². The van der Waals surface area contributed by atoms with Gasteiger partial charge >= 0.3 is 5.69 Å². The Labute approximate surface area is 714 Å². The third-order valence-electron chi connectivity index (χ3n) is 18.8. The largest absolute Gasteiger partial charge is 0.494 e. The molecular weight excluding hydrogens is 1630 g/mol. The molecule has 13 aromatic heterocycles. The Morgan fingerprint density at radius 3 is 1.08 bits per heavy atom. The molecule has 16 rings (SSSR count). The first-order valence-corrected chi connectivity index (χ1v) is 38.4. The number of aryl methyl sites for hydroxylation is 4. The topological polar surface area (TPSA) is 389 Å². The van der Waals surface area contributed by atoms with E-state index < -0.39 is 21.4 Å². The number of benzene rings is 3. The van der Waals surface area contributed by atoms with Gasteiger partial charge in [-0.1, -0.05) is 11.6 Å². The van der Waals surface area contributed by atoms with Crippen molar-refractivity contribution in [2.75, 3.05) is 121 Å². The molecule has 3 aromatic carbocycles. The number of likely N-dealkylation sites (N-methyl/N-ethyl adjacent to an activating group) is 4. The van der Waals surface area contributed by atoms with Gasteiger partial charge in [-0.2, -0.15) is 4.39 Å². The number of nitrogen functional groups attached to an aromatic ring is 1. The summed E-state index contributed by atoms with van der Waals surface area (Å²) in [5.74, 6) is 1.13. The predicted molar refractivity (Wildman–Crippen MR) is 474 cm³/mol. The number of nitrogens with two attached hydrogens (primary N) is 1. The molecule has 0 fully saturated rings. The van der Waals surface area contributed by atoms with Crippen LogP contribution in [0.25, 0.3) is 89.2 Å². The normalized spacial score (nSPS) is 10.9. The van der Waals surface area contributed by atoms with E-state index in [0.717, 1.165) is 115 Å². The molecule has 0 spiro atoms. The van der Waals surface area contributed by atoms with E-state index in [1.165, 1.54) is 26.5 Å². The Kier molecular flexibility index (Phi) is 28.1. The fourth-order valence-corrected chi connectivity index (χ4v) is 12.9. The number of nitrogens with zero attached hydrogens (tertiary/aromatic N) is 24. The number of hydrogen-bond acceptors (Lipinski definition) is 29. The van der Waals surface area contributed by atoms with Gasteiger partial charge in [-0.15, -0.1) is 0 Å². The molecule has 16 aromatic rings. The standard InChI is InChI=1S/C24H28N8O3.C24H30N8O.C19H15FN6O3.C12H9ClN4.C4H2Cl2N2/c1-29(2)10-11-30(3)20-14-22(35-5)19(13-21(20)32(33)34)28-24-25-8-6-18(27-24)17-12-16-7-9-31(4)23(16)26-15-17;1-30(2)10-11-31(3)21-14-22(33-5)20(13-18(21)25)29-24-26-8-6-19(28-24)17-12-16-7-9-32(4)23(16)27-15-17;1-25-6-4-11-7-12(10-22-18(11)25)14-3-5-21-19(23-14)24-15-9-16(26(27)28)13(20)8-17(15)29-2;1-17-5-3-8-6-9(7-15-11(8)17)10-2-4-14-12(13)16-10;5-3-1-2-7-4(6)8-3/h6-9,12-15H,10-11H2,1-5H3,(H,25,27,28);6-9,12-15H,10-11,25H2,1-5H3,(H,26,28,29);3-10H,1-2H3,(H,21,23,24);2-7H,1H3;1-2H. The highest BCUT2D eigenvalue weighted by Crippen LogP contribution is 2.41. The Morgan fingerprint density at radius 1 is 0.410 bits per heavy atom. The zero-order valence-electron chi connectivity index (χ0n) is 68.5. The van der Waals surface area contributed by atoms with Crippen LogP contribution in [0.4, 0.5) is 67.7 Å². The molecule has 0 aliphatic rings. The Morgan fingerprint density at radius 2 is 0.738 bits per heavy atom. The molecule has 0 aliphatic carbocycles. The van der Waals surface area contributed by atoms with Crippen molar-refractivity contribution in [2.45, 2.75) is 0 Å². The zero-order valence-corrected chi connectivity index (χ0v) is 70.8.